The summed E-state index contributed by atoms with van der Waals surface area (Å²) in [6, 6.07) is 0. The summed E-state index contributed by atoms with van der Waals surface area (Å²) in [6.45, 7) is 0. The highest BCUT2D eigenvalue weighted by atomic mass is 32.3. The molecule has 0 fully saturated rings. The van der Waals surface area contributed by atoms with Crippen LogP contribution in [0, 0.1) is 0 Å². The van der Waals surface area contributed by atoms with E-state index < -0.39 is 20.7 Å². The molecular weight excluding hydrogens is 198 g/mol. The van der Waals surface area contributed by atoms with Crippen LogP contribution in [0.3, 0.4) is 0 Å². The topological polar surface area (TPSA) is 57.6 Å². The molecule has 0 saturated carbocycles. The standard InChI is InChI=1S/C6H11NO3S2/c1-7(2)12(9,10)6-5(8)3-4-11-6/h3-6,8H,1-2H3. The minimum absolute atomic E-state index is 0.771. The maximum atomic E-state index is 11.4. The van der Waals surface area contributed by atoms with Crippen molar-refractivity contribution in [2.45, 2.75) is 10.7 Å². The molecule has 0 bridgehead atoms. The van der Waals surface area contributed by atoms with Gasteiger partial charge in [0.15, 0.2) is 4.58 Å². The maximum Gasteiger partial charge on any atom is 0.229 e. The summed E-state index contributed by atoms with van der Waals surface area (Å²) in [7, 11) is -0.423. The molecule has 0 spiro atoms. The highest BCUT2D eigenvalue weighted by molar-refractivity contribution is 8.14. The summed E-state index contributed by atoms with van der Waals surface area (Å²) in [4.78, 5) is 0. The van der Waals surface area contributed by atoms with Gasteiger partial charge in [-0.1, -0.05) is 0 Å². The van der Waals surface area contributed by atoms with Crippen molar-refractivity contribution in [1.82, 2.24) is 4.31 Å². The Labute approximate surface area is 76.3 Å². The molecule has 0 saturated heterocycles. The minimum atomic E-state index is -3.34. The predicted octanol–water partition coefficient (Wildman–Crippen LogP) is -0.175. The van der Waals surface area contributed by atoms with E-state index in [1.165, 1.54) is 20.2 Å². The zero-order valence-electron chi connectivity index (χ0n) is 6.84. The normalized spacial score (nSPS) is 30.0. The van der Waals surface area contributed by atoms with Crippen molar-refractivity contribution in [3.8, 4) is 0 Å². The van der Waals surface area contributed by atoms with E-state index in [4.69, 9.17) is 0 Å². The Bertz CT molecular complexity index is 283. The van der Waals surface area contributed by atoms with Gasteiger partial charge in [0.05, 0.1) is 0 Å². The van der Waals surface area contributed by atoms with Crippen LogP contribution < -0.4 is 0 Å². The Morgan fingerprint density at radius 1 is 1.50 bits per heavy atom. The van der Waals surface area contributed by atoms with Gasteiger partial charge in [0.25, 0.3) is 0 Å². The number of aliphatic hydroxyl groups excluding tert-OH is 1. The highest BCUT2D eigenvalue weighted by Crippen LogP contribution is 2.30. The summed E-state index contributed by atoms with van der Waals surface area (Å²) >= 11 is 1.13. The molecule has 0 radical (unpaired) electrons. The van der Waals surface area contributed by atoms with Gasteiger partial charge in [0.2, 0.25) is 10.0 Å². The van der Waals surface area contributed by atoms with Gasteiger partial charge in [-0.15, -0.1) is 11.8 Å². The van der Waals surface area contributed by atoms with Crippen LogP contribution in [0.4, 0.5) is 0 Å². The van der Waals surface area contributed by atoms with E-state index in [2.05, 4.69) is 0 Å². The fraction of sp³-hybridized carbons (Fsp3) is 0.667. The van der Waals surface area contributed by atoms with Crippen LogP contribution >= 0.6 is 11.8 Å². The van der Waals surface area contributed by atoms with E-state index in [0.29, 0.717) is 0 Å². The van der Waals surface area contributed by atoms with Gasteiger partial charge in [-0.2, -0.15) is 0 Å². The maximum absolute atomic E-state index is 11.4. The average molecular weight is 209 g/mol. The first-order chi connectivity index (χ1) is 5.46. The molecule has 1 aliphatic heterocycles. The van der Waals surface area contributed by atoms with E-state index in [0.717, 1.165) is 16.1 Å². The third-order valence-electron chi connectivity index (χ3n) is 1.57. The molecule has 1 aliphatic rings. The SMILES string of the molecule is CN(C)S(=O)(=O)C1SC=CC1O. The second-order valence-electron chi connectivity index (χ2n) is 2.65. The van der Waals surface area contributed by atoms with Crippen LogP contribution in [0.1, 0.15) is 0 Å². The van der Waals surface area contributed by atoms with Gasteiger partial charge < -0.3 is 5.11 Å². The first kappa shape index (κ1) is 10.0. The molecule has 0 aromatic carbocycles. The Morgan fingerprint density at radius 3 is 2.42 bits per heavy atom. The van der Waals surface area contributed by atoms with Crippen LogP contribution in [0.15, 0.2) is 11.5 Å². The van der Waals surface area contributed by atoms with Gasteiger partial charge in [-0.3, -0.25) is 0 Å². The van der Waals surface area contributed by atoms with Crippen LogP contribution in [0.5, 0.6) is 0 Å². The third-order valence-corrected chi connectivity index (χ3v) is 5.38. The summed E-state index contributed by atoms with van der Waals surface area (Å²) in [6.07, 6.45) is 0.596. The molecule has 1 rings (SSSR count). The Hall–Kier alpha value is -0.0400. The lowest BCUT2D eigenvalue weighted by Crippen LogP contribution is -2.36. The molecule has 1 N–H and O–H groups in total. The largest absolute Gasteiger partial charge is 0.387 e. The molecule has 0 aromatic rings. The highest BCUT2D eigenvalue weighted by Gasteiger charge is 2.35. The minimum Gasteiger partial charge on any atom is -0.387 e. The van der Waals surface area contributed by atoms with Crippen LogP contribution in [-0.2, 0) is 10.0 Å². The van der Waals surface area contributed by atoms with Crippen LogP contribution in [0.25, 0.3) is 0 Å². The number of thioether (sulfide) groups is 1. The quantitative estimate of drug-likeness (QED) is 0.686. The summed E-state index contributed by atoms with van der Waals surface area (Å²) in [5.74, 6) is 0. The Balaban J connectivity index is 2.85. The van der Waals surface area contributed by atoms with Crippen molar-refractivity contribution < 1.29 is 13.5 Å². The van der Waals surface area contributed by atoms with Gasteiger partial charge in [0.1, 0.15) is 6.10 Å². The molecule has 1 heterocycles. The zero-order valence-corrected chi connectivity index (χ0v) is 8.47. The van der Waals surface area contributed by atoms with Gasteiger partial charge in [-0.05, 0) is 11.5 Å². The first-order valence-electron chi connectivity index (χ1n) is 3.38. The molecule has 0 aliphatic carbocycles. The lowest BCUT2D eigenvalue weighted by Gasteiger charge is -2.18. The molecule has 2 atom stereocenters. The number of sulfonamides is 1. The van der Waals surface area contributed by atoms with Gasteiger partial charge in [-0.25, -0.2) is 12.7 Å². The fourth-order valence-corrected chi connectivity index (χ4v) is 3.62. The molecule has 6 heteroatoms. The van der Waals surface area contributed by atoms with E-state index in [-0.39, 0.29) is 0 Å². The molecular formula is C6H11NO3S2. The number of nitrogens with zero attached hydrogens (tertiary/aromatic N) is 1. The lowest BCUT2D eigenvalue weighted by molar-refractivity contribution is 0.239. The number of hydrogen-bond donors (Lipinski definition) is 1. The third kappa shape index (κ3) is 1.66. The van der Waals surface area contributed by atoms with Crippen molar-refractivity contribution in [3.63, 3.8) is 0 Å². The monoisotopic (exact) mass is 209 g/mol. The van der Waals surface area contributed by atoms with Crippen LogP contribution in [0.2, 0.25) is 0 Å². The molecule has 4 nitrogen and oxygen atoms in total. The van der Waals surface area contributed by atoms with Gasteiger partial charge in [0, 0.05) is 14.1 Å². The zero-order chi connectivity index (χ0) is 9.35. The lowest BCUT2D eigenvalue weighted by atomic mass is 10.4. The number of rotatable bonds is 2. The summed E-state index contributed by atoms with van der Waals surface area (Å²) < 4.78 is 23.3. The number of aliphatic hydroxyl groups is 1. The Kier molecular flexibility index (Phi) is 2.82. The average Bonchev–Trinajstić information content (AvgIpc) is 2.35. The molecule has 12 heavy (non-hydrogen) atoms. The van der Waals surface area contributed by atoms with E-state index in [9.17, 15) is 13.5 Å². The van der Waals surface area contributed by atoms with E-state index in [1.54, 1.807) is 5.41 Å². The van der Waals surface area contributed by atoms with Crippen molar-refractivity contribution in [1.29, 1.82) is 0 Å². The first-order valence-corrected chi connectivity index (χ1v) is 5.82. The summed E-state index contributed by atoms with van der Waals surface area (Å²) in [5.41, 5.74) is 0. The van der Waals surface area contributed by atoms with Crippen molar-refractivity contribution in [3.05, 3.63) is 11.5 Å². The number of hydrogen-bond acceptors (Lipinski definition) is 4. The molecule has 0 aromatic heterocycles. The van der Waals surface area contributed by atoms with Crippen molar-refractivity contribution >= 4 is 21.8 Å². The van der Waals surface area contributed by atoms with Gasteiger partial charge >= 0.3 is 0 Å². The predicted molar refractivity (Wildman–Crippen MR) is 49.1 cm³/mol. The fourth-order valence-electron chi connectivity index (χ4n) is 0.829. The molecule has 70 valence electrons. The molecule has 2 unspecified atom stereocenters. The second kappa shape index (κ2) is 3.37. The summed E-state index contributed by atoms with van der Waals surface area (Å²) in [5, 5.41) is 10.9. The molecule has 0 amide bonds. The van der Waals surface area contributed by atoms with Crippen molar-refractivity contribution in [2.24, 2.45) is 0 Å². The van der Waals surface area contributed by atoms with Crippen molar-refractivity contribution in [2.75, 3.05) is 14.1 Å². The van der Waals surface area contributed by atoms with E-state index in [1.807, 2.05) is 0 Å². The Morgan fingerprint density at radius 2 is 2.08 bits per heavy atom. The van der Waals surface area contributed by atoms with E-state index >= 15 is 0 Å². The van der Waals surface area contributed by atoms with Crippen LogP contribution in [-0.4, -0.2) is 42.6 Å². The second-order valence-corrected chi connectivity index (χ2v) is 6.27. The smallest absolute Gasteiger partial charge is 0.229 e.